The minimum Gasteiger partial charge on any atom is -0.497 e. The van der Waals surface area contributed by atoms with Gasteiger partial charge in [-0.1, -0.05) is 35.9 Å². The third kappa shape index (κ3) is 4.24. The third-order valence-corrected chi connectivity index (χ3v) is 3.14. The molecule has 0 bridgehead atoms. The van der Waals surface area contributed by atoms with Crippen LogP contribution in [0.1, 0.15) is 11.1 Å². The highest BCUT2D eigenvalue weighted by Crippen LogP contribution is 2.21. The minimum absolute atomic E-state index is 0.312. The van der Waals surface area contributed by atoms with Crippen LogP contribution in [0.5, 0.6) is 11.5 Å². The second kappa shape index (κ2) is 6.79. The van der Waals surface area contributed by atoms with Gasteiger partial charge in [-0.25, -0.2) is 4.79 Å². The van der Waals surface area contributed by atoms with E-state index in [1.807, 2.05) is 31.2 Å². The molecule has 0 saturated heterocycles. The molecule has 4 heteroatoms. The molecular weight excluding hydrogens is 268 g/mol. The Kier molecular flexibility index (Phi) is 4.82. The molecule has 1 N–H and O–H groups in total. The van der Waals surface area contributed by atoms with Crippen LogP contribution in [0, 0.1) is 6.92 Å². The molecule has 1 atom stereocenters. The normalized spacial score (nSPS) is 11.7. The molecule has 0 heterocycles. The summed E-state index contributed by atoms with van der Waals surface area (Å²) in [6, 6.07) is 14.7. The van der Waals surface area contributed by atoms with Crippen LogP contribution in [0.4, 0.5) is 0 Å². The van der Waals surface area contributed by atoms with Gasteiger partial charge in [-0.2, -0.15) is 0 Å². The number of benzene rings is 2. The van der Waals surface area contributed by atoms with E-state index in [0.29, 0.717) is 17.9 Å². The fraction of sp³-hybridized carbons (Fsp3) is 0.235. The van der Waals surface area contributed by atoms with E-state index in [0.717, 1.165) is 11.1 Å². The molecule has 0 amide bonds. The minimum atomic E-state index is -0.988. The lowest BCUT2D eigenvalue weighted by Gasteiger charge is -2.16. The number of aryl methyl sites for hydroxylation is 1. The predicted octanol–water partition coefficient (Wildman–Crippen LogP) is 3.08. The molecule has 0 aromatic heterocycles. The third-order valence-electron chi connectivity index (χ3n) is 3.14. The molecule has 0 fully saturated rings. The molecular formula is C17H18O4. The van der Waals surface area contributed by atoms with Gasteiger partial charge in [-0.3, -0.25) is 0 Å². The maximum atomic E-state index is 11.4. The van der Waals surface area contributed by atoms with Crippen LogP contribution in [0.15, 0.2) is 48.5 Å². The number of rotatable bonds is 6. The lowest BCUT2D eigenvalue weighted by molar-refractivity contribution is -0.145. The molecule has 4 nitrogen and oxygen atoms in total. The van der Waals surface area contributed by atoms with Crippen molar-refractivity contribution in [1.29, 1.82) is 0 Å². The van der Waals surface area contributed by atoms with Crippen molar-refractivity contribution in [3.8, 4) is 11.5 Å². The number of carboxylic acid groups (broad SMARTS) is 1. The molecule has 0 aliphatic heterocycles. The first-order chi connectivity index (χ1) is 10.1. The maximum absolute atomic E-state index is 11.4. The van der Waals surface area contributed by atoms with Gasteiger partial charge >= 0.3 is 5.97 Å². The molecule has 110 valence electrons. The van der Waals surface area contributed by atoms with Crippen molar-refractivity contribution in [2.24, 2.45) is 0 Å². The lowest BCUT2D eigenvalue weighted by Crippen LogP contribution is -2.29. The van der Waals surface area contributed by atoms with Gasteiger partial charge in [0.15, 0.2) is 6.10 Å². The smallest absolute Gasteiger partial charge is 0.345 e. The summed E-state index contributed by atoms with van der Waals surface area (Å²) in [5.74, 6) is 0.124. The molecule has 21 heavy (non-hydrogen) atoms. The van der Waals surface area contributed by atoms with Gasteiger partial charge in [0.25, 0.3) is 0 Å². The highest BCUT2D eigenvalue weighted by atomic mass is 16.5. The summed E-state index contributed by atoms with van der Waals surface area (Å²) in [5, 5.41) is 9.32. The van der Waals surface area contributed by atoms with E-state index in [1.54, 1.807) is 31.4 Å². The number of hydrogen-bond acceptors (Lipinski definition) is 3. The molecule has 2 aromatic carbocycles. The number of ether oxygens (including phenoxy) is 2. The SMILES string of the molecule is COc1cccc(O[C@H](Cc2ccc(C)cc2)C(=O)O)c1. The Bertz CT molecular complexity index is 604. The number of hydrogen-bond donors (Lipinski definition) is 1. The Labute approximate surface area is 123 Å². The zero-order chi connectivity index (χ0) is 15.2. The van der Waals surface area contributed by atoms with Crippen molar-refractivity contribution in [3.63, 3.8) is 0 Å². The number of carboxylic acids is 1. The van der Waals surface area contributed by atoms with Crippen LogP contribution in [0.2, 0.25) is 0 Å². The zero-order valence-corrected chi connectivity index (χ0v) is 12.1. The quantitative estimate of drug-likeness (QED) is 0.886. The van der Waals surface area contributed by atoms with E-state index in [4.69, 9.17) is 9.47 Å². The molecule has 0 saturated carbocycles. The van der Waals surface area contributed by atoms with Crippen LogP contribution in [0.3, 0.4) is 0 Å². The lowest BCUT2D eigenvalue weighted by atomic mass is 10.1. The van der Waals surface area contributed by atoms with Gasteiger partial charge in [0.1, 0.15) is 11.5 Å². The molecule has 2 rings (SSSR count). The Morgan fingerprint density at radius 1 is 1.14 bits per heavy atom. The molecule has 2 aromatic rings. The van der Waals surface area contributed by atoms with Crippen molar-refractivity contribution in [2.75, 3.05) is 7.11 Å². The van der Waals surface area contributed by atoms with Gasteiger partial charge in [0, 0.05) is 12.5 Å². The summed E-state index contributed by atoms with van der Waals surface area (Å²) in [6.45, 7) is 1.99. The molecule has 0 spiro atoms. The maximum Gasteiger partial charge on any atom is 0.345 e. The molecule has 0 unspecified atom stereocenters. The van der Waals surface area contributed by atoms with E-state index in [-0.39, 0.29) is 0 Å². The summed E-state index contributed by atoms with van der Waals surface area (Å²) in [6.07, 6.45) is -0.618. The molecule has 0 radical (unpaired) electrons. The van der Waals surface area contributed by atoms with Crippen LogP contribution in [-0.4, -0.2) is 24.3 Å². The summed E-state index contributed by atoms with van der Waals surface area (Å²) in [4.78, 5) is 11.4. The molecule has 0 aliphatic carbocycles. The van der Waals surface area contributed by atoms with Crippen LogP contribution in [0.25, 0.3) is 0 Å². The van der Waals surface area contributed by atoms with Crippen molar-refractivity contribution in [2.45, 2.75) is 19.4 Å². The van der Waals surface area contributed by atoms with Crippen molar-refractivity contribution in [3.05, 3.63) is 59.7 Å². The first-order valence-electron chi connectivity index (χ1n) is 6.67. The first kappa shape index (κ1) is 14.9. The Balaban J connectivity index is 2.11. The van der Waals surface area contributed by atoms with Crippen LogP contribution in [-0.2, 0) is 11.2 Å². The average Bonchev–Trinajstić information content (AvgIpc) is 2.49. The Morgan fingerprint density at radius 3 is 2.43 bits per heavy atom. The fourth-order valence-electron chi connectivity index (χ4n) is 1.96. The highest BCUT2D eigenvalue weighted by molar-refractivity contribution is 5.73. The van der Waals surface area contributed by atoms with E-state index in [9.17, 15) is 9.90 Å². The second-order valence-electron chi connectivity index (χ2n) is 4.81. The van der Waals surface area contributed by atoms with Gasteiger partial charge in [-0.05, 0) is 24.6 Å². The predicted molar refractivity (Wildman–Crippen MR) is 79.9 cm³/mol. The summed E-state index contributed by atoms with van der Waals surface area (Å²) in [5.41, 5.74) is 2.07. The largest absolute Gasteiger partial charge is 0.497 e. The second-order valence-corrected chi connectivity index (χ2v) is 4.81. The summed E-state index contributed by atoms with van der Waals surface area (Å²) >= 11 is 0. The number of methoxy groups -OCH3 is 1. The van der Waals surface area contributed by atoms with Crippen molar-refractivity contribution in [1.82, 2.24) is 0 Å². The summed E-state index contributed by atoms with van der Waals surface area (Å²) in [7, 11) is 1.56. The van der Waals surface area contributed by atoms with Gasteiger partial charge in [0.05, 0.1) is 7.11 Å². The number of carbonyl (C=O) groups is 1. The van der Waals surface area contributed by atoms with Gasteiger partial charge < -0.3 is 14.6 Å². The van der Waals surface area contributed by atoms with Gasteiger partial charge in [-0.15, -0.1) is 0 Å². The van der Waals surface area contributed by atoms with Crippen LogP contribution >= 0.6 is 0 Å². The fourth-order valence-corrected chi connectivity index (χ4v) is 1.96. The van der Waals surface area contributed by atoms with Crippen molar-refractivity contribution < 1.29 is 19.4 Å². The average molecular weight is 286 g/mol. The Morgan fingerprint density at radius 2 is 1.81 bits per heavy atom. The topological polar surface area (TPSA) is 55.8 Å². The highest BCUT2D eigenvalue weighted by Gasteiger charge is 2.20. The zero-order valence-electron chi connectivity index (χ0n) is 12.1. The molecule has 0 aliphatic rings. The standard InChI is InChI=1S/C17H18O4/c1-12-6-8-13(9-7-12)10-16(17(18)19)21-15-5-3-4-14(11-15)20-2/h3-9,11,16H,10H2,1-2H3,(H,18,19)/t16-/m1/s1. The van der Waals surface area contributed by atoms with Gasteiger partial charge in [0.2, 0.25) is 0 Å². The summed E-state index contributed by atoms with van der Waals surface area (Å²) < 4.78 is 10.7. The van der Waals surface area contributed by atoms with E-state index < -0.39 is 12.1 Å². The first-order valence-corrected chi connectivity index (χ1v) is 6.67. The monoisotopic (exact) mass is 286 g/mol. The van der Waals surface area contributed by atoms with Crippen molar-refractivity contribution >= 4 is 5.97 Å². The van der Waals surface area contributed by atoms with E-state index in [1.165, 1.54) is 0 Å². The van der Waals surface area contributed by atoms with E-state index in [2.05, 4.69) is 0 Å². The Hall–Kier alpha value is -2.49. The van der Waals surface area contributed by atoms with Crippen LogP contribution < -0.4 is 9.47 Å². The number of aliphatic carboxylic acids is 1. The van der Waals surface area contributed by atoms with E-state index >= 15 is 0 Å².